The number of unbranched alkanes of at least 4 members (excludes halogenated alkanes) is 4. The minimum atomic E-state index is -0.689. The summed E-state index contributed by atoms with van der Waals surface area (Å²) in [7, 11) is 2.13. The average Bonchev–Trinajstić information content (AvgIpc) is 2.78. The number of aliphatic carboxylic acids is 1. The van der Waals surface area contributed by atoms with Crippen LogP contribution < -0.4 is 9.62 Å². The highest BCUT2D eigenvalue weighted by molar-refractivity contribution is 8.00. The van der Waals surface area contributed by atoms with Gasteiger partial charge in [0.25, 0.3) is 0 Å². The molecule has 1 aliphatic heterocycles. The van der Waals surface area contributed by atoms with Gasteiger partial charge in [0.1, 0.15) is 0 Å². The number of rotatable bonds is 9. The second-order valence-corrected chi connectivity index (χ2v) is 8.66. The minimum Gasteiger partial charge on any atom is -0.481 e. The molecule has 5 heteroatoms. The summed E-state index contributed by atoms with van der Waals surface area (Å²) in [6, 6.07) is 15.6. The molecule has 3 rings (SSSR count). The predicted octanol–water partition coefficient (Wildman–Crippen LogP) is 5.56. The number of anilines is 1. The third-order valence-electron chi connectivity index (χ3n) is 5.22. The number of hydrogen-bond donors (Lipinski definition) is 2. The molecular weight excluding hydrogens is 368 g/mol. The van der Waals surface area contributed by atoms with Crippen LogP contribution in [0.25, 0.3) is 0 Å². The van der Waals surface area contributed by atoms with Gasteiger partial charge >= 0.3 is 5.97 Å². The lowest BCUT2D eigenvalue weighted by molar-refractivity contribution is -0.137. The van der Waals surface area contributed by atoms with E-state index in [9.17, 15) is 4.79 Å². The average molecular weight is 399 g/mol. The molecule has 1 unspecified atom stereocenters. The highest BCUT2D eigenvalue weighted by Gasteiger charge is 2.26. The van der Waals surface area contributed by atoms with E-state index in [2.05, 4.69) is 66.1 Å². The highest BCUT2D eigenvalue weighted by atomic mass is 32.2. The number of nitrogens with zero attached hydrogens (tertiary/aromatic N) is 1. The van der Waals surface area contributed by atoms with Gasteiger partial charge in [-0.2, -0.15) is 0 Å². The van der Waals surface area contributed by atoms with Crippen LogP contribution in [0.2, 0.25) is 0 Å². The summed E-state index contributed by atoms with van der Waals surface area (Å²) in [5.41, 5.74) is 5.20. The molecule has 2 N–H and O–H groups in total. The van der Waals surface area contributed by atoms with Gasteiger partial charge in [0, 0.05) is 18.4 Å². The first-order chi connectivity index (χ1) is 13.6. The molecule has 28 heavy (non-hydrogen) atoms. The van der Waals surface area contributed by atoms with E-state index in [1.807, 2.05) is 0 Å². The number of aryl methyl sites for hydroxylation is 1. The highest BCUT2D eigenvalue weighted by Crippen LogP contribution is 2.43. The maximum atomic E-state index is 10.6. The first-order valence-electron chi connectivity index (χ1n) is 10.1. The van der Waals surface area contributed by atoms with Crippen LogP contribution in [0.4, 0.5) is 5.69 Å². The van der Waals surface area contributed by atoms with Crippen LogP contribution in [0.15, 0.2) is 47.4 Å². The van der Waals surface area contributed by atoms with Gasteiger partial charge < -0.3 is 14.7 Å². The van der Waals surface area contributed by atoms with Gasteiger partial charge in [-0.3, -0.25) is 4.79 Å². The lowest BCUT2D eigenvalue weighted by atomic mass is 9.96. The van der Waals surface area contributed by atoms with Gasteiger partial charge in [0.05, 0.1) is 11.7 Å². The van der Waals surface area contributed by atoms with E-state index >= 15 is 0 Å². The first-order valence-corrected chi connectivity index (χ1v) is 10.9. The lowest BCUT2D eigenvalue weighted by Gasteiger charge is -2.22. The van der Waals surface area contributed by atoms with E-state index in [-0.39, 0.29) is 6.04 Å². The Morgan fingerprint density at radius 2 is 1.82 bits per heavy atom. The summed E-state index contributed by atoms with van der Waals surface area (Å²) in [5, 5.41) is 12.5. The summed E-state index contributed by atoms with van der Waals surface area (Å²) < 4.78 is 2.26. The van der Waals surface area contributed by atoms with E-state index in [1.54, 1.807) is 11.9 Å². The summed E-state index contributed by atoms with van der Waals surface area (Å²) in [6.45, 7) is 3.10. The van der Waals surface area contributed by atoms with Crippen molar-refractivity contribution < 1.29 is 9.90 Å². The van der Waals surface area contributed by atoms with Crippen molar-refractivity contribution in [3.05, 3.63) is 59.2 Å². The Morgan fingerprint density at radius 3 is 2.64 bits per heavy atom. The number of carboxylic acid groups (broad SMARTS) is 1. The zero-order valence-electron chi connectivity index (χ0n) is 16.8. The van der Waals surface area contributed by atoms with Gasteiger partial charge in [0.15, 0.2) is 0 Å². The number of carboxylic acids is 1. The van der Waals surface area contributed by atoms with Crippen molar-refractivity contribution in [3.63, 3.8) is 0 Å². The van der Waals surface area contributed by atoms with Crippen LogP contribution in [0.1, 0.15) is 61.3 Å². The van der Waals surface area contributed by atoms with E-state index in [1.165, 1.54) is 27.3 Å². The number of nitrogens with one attached hydrogen (secondary N) is 1. The van der Waals surface area contributed by atoms with Crippen molar-refractivity contribution in [1.29, 1.82) is 0 Å². The van der Waals surface area contributed by atoms with E-state index in [4.69, 9.17) is 5.11 Å². The maximum Gasteiger partial charge on any atom is 0.303 e. The summed E-state index contributed by atoms with van der Waals surface area (Å²) in [4.78, 5) is 11.9. The molecule has 2 aromatic carbocycles. The molecule has 150 valence electrons. The molecule has 1 aliphatic rings. The molecule has 2 aromatic rings. The Bertz CT molecular complexity index is 809. The Kier molecular flexibility index (Phi) is 7.40. The number of carbonyl (C=O) groups is 1. The zero-order valence-corrected chi connectivity index (χ0v) is 17.6. The Morgan fingerprint density at radius 1 is 1.07 bits per heavy atom. The minimum absolute atomic E-state index is 0.191. The van der Waals surface area contributed by atoms with Crippen molar-refractivity contribution >= 4 is 23.6 Å². The number of fused-ring (bicyclic) bond motifs is 2. The molecule has 4 nitrogen and oxygen atoms in total. The standard InChI is InChI=1S/C23H30N2O2S/c1-17-13-14-19-21(16-17)28-25(2)20-11-8-7-10-18(20)23(19)24-15-9-5-3-4-6-12-22(26)27/h7-8,10-11,13-14,16,23-24H,3-6,9,12,15H2,1-2H3,(H,26,27). The molecular formula is C23H30N2O2S. The molecule has 0 saturated carbocycles. The Labute approximate surface area is 172 Å². The Hall–Kier alpha value is -1.98. The van der Waals surface area contributed by atoms with Crippen molar-refractivity contribution in [2.45, 2.75) is 56.4 Å². The molecule has 1 atom stereocenters. The molecule has 0 aliphatic carbocycles. The van der Waals surface area contributed by atoms with Crippen molar-refractivity contribution in [2.24, 2.45) is 0 Å². The number of para-hydroxylation sites is 1. The fourth-order valence-corrected chi connectivity index (χ4v) is 4.83. The van der Waals surface area contributed by atoms with Crippen LogP contribution >= 0.6 is 11.9 Å². The normalized spacial score (nSPS) is 15.6. The lowest BCUT2D eigenvalue weighted by Crippen LogP contribution is -2.24. The van der Waals surface area contributed by atoms with E-state index < -0.39 is 5.97 Å². The smallest absolute Gasteiger partial charge is 0.303 e. The van der Waals surface area contributed by atoms with Crippen LogP contribution in [0, 0.1) is 6.92 Å². The number of hydrogen-bond acceptors (Lipinski definition) is 4. The topological polar surface area (TPSA) is 52.6 Å². The molecule has 0 amide bonds. The van der Waals surface area contributed by atoms with Crippen LogP contribution in [-0.4, -0.2) is 24.7 Å². The molecule has 0 spiro atoms. The van der Waals surface area contributed by atoms with Crippen LogP contribution in [0.3, 0.4) is 0 Å². The van der Waals surface area contributed by atoms with E-state index in [0.29, 0.717) is 6.42 Å². The maximum absolute atomic E-state index is 10.6. The third kappa shape index (κ3) is 5.30. The first kappa shape index (κ1) is 20.7. The number of benzene rings is 2. The van der Waals surface area contributed by atoms with Gasteiger partial charge in [-0.1, -0.05) is 49.6 Å². The summed E-state index contributed by atoms with van der Waals surface area (Å²) >= 11 is 1.79. The van der Waals surface area contributed by atoms with Gasteiger partial charge in [-0.05, 0) is 67.1 Å². The van der Waals surface area contributed by atoms with Crippen molar-refractivity contribution in [1.82, 2.24) is 5.32 Å². The third-order valence-corrected chi connectivity index (χ3v) is 6.24. The molecule has 1 heterocycles. The van der Waals surface area contributed by atoms with Gasteiger partial charge in [-0.15, -0.1) is 0 Å². The fourth-order valence-electron chi connectivity index (χ4n) is 3.74. The quantitative estimate of drug-likeness (QED) is 0.428. The second-order valence-electron chi connectivity index (χ2n) is 7.49. The summed E-state index contributed by atoms with van der Waals surface area (Å²) in [6.07, 6.45) is 5.42. The molecule has 0 bridgehead atoms. The monoisotopic (exact) mass is 398 g/mol. The summed E-state index contributed by atoms with van der Waals surface area (Å²) in [5.74, 6) is -0.689. The van der Waals surface area contributed by atoms with Crippen molar-refractivity contribution in [2.75, 3.05) is 17.9 Å². The second kappa shape index (κ2) is 9.99. The van der Waals surface area contributed by atoms with Crippen LogP contribution in [-0.2, 0) is 4.79 Å². The fraction of sp³-hybridized carbons (Fsp3) is 0.435. The molecule has 0 aromatic heterocycles. The largest absolute Gasteiger partial charge is 0.481 e. The molecule has 0 fully saturated rings. The van der Waals surface area contributed by atoms with Gasteiger partial charge in [0.2, 0.25) is 0 Å². The SMILES string of the molecule is Cc1ccc2c(c1)SN(C)c1ccccc1C2NCCCCCCCC(=O)O. The molecule has 0 radical (unpaired) electrons. The van der Waals surface area contributed by atoms with E-state index in [0.717, 1.165) is 38.6 Å². The molecule has 0 saturated heterocycles. The Balaban J connectivity index is 1.65. The zero-order chi connectivity index (χ0) is 19.9. The van der Waals surface area contributed by atoms with Crippen LogP contribution in [0.5, 0.6) is 0 Å². The van der Waals surface area contributed by atoms with Crippen molar-refractivity contribution in [3.8, 4) is 0 Å². The van der Waals surface area contributed by atoms with Gasteiger partial charge in [-0.25, -0.2) is 0 Å². The predicted molar refractivity (Wildman–Crippen MR) is 117 cm³/mol.